The lowest BCUT2D eigenvalue weighted by Crippen LogP contribution is -2.30. The van der Waals surface area contributed by atoms with E-state index >= 15 is 0 Å². The maximum atomic E-state index is 12.2. The largest absolute Gasteiger partial charge is 0.493 e. The second-order valence-corrected chi connectivity index (χ2v) is 7.72. The molecule has 4 rings (SSSR count). The number of amides is 1. The summed E-state index contributed by atoms with van der Waals surface area (Å²) in [5, 5.41) is 5.39. The number of fused-ring (bicyclic) bond motifs is 1. The first-order chi connectivity index (χ1) is 14.2. The van der Waals surface area contributed by atoms with Crippen LogP contribution in [-0.4, -0.2) is 36.1 Å². The Kier molecular flexibility index (Phi) is 6.07. The van der Waals surface area contributed by atoms with Gasteiger partial charge in [0.25, 0.3) is 5.91 Å². The quantitative estimate of drug-likeness (QED) is 0.644. The Hall–Kier alpha value is -2.90. The number of thiazole rings is 1. The molecule has 3 aromatic rings. The van der Waals surface area contributed by atoms with Crippen LogP contribution in [0.5, 0.6) is 11.5 Å². The van der Waals surface area contributed by atoms with Gasteiger partial charge in [-0.3, -0.25) is 15.0 Å². The van der Waals surface area contributed by atoms with Crippen molar-refractivity contribution in [1.29, 1.82) is 0 Å². The summed E-state index contributed by atoms with van der Waals surface area (Å²) in [5.41, 5.74) is 3.79. The molecule has 1 amide bonds. The molecule has 1 aromatic heterocycles. The molecule has 1 N–H and O–H groups in total. The zero-order chi connectivity index (χ0) is 20.1. The molecule has 0 aliphatic carbocycles. The fourth-order valence-electron chi connectivity index (χ4n) is 3.39. The minimum Gasteiger partial charge on any atom is -0.493 e. The number of benzene rings is 2. The molecule has 150 valence electrons. The third kappa shape index (κ3) is 4.93. The smallest absolute Gasteiger partial charge is 0.264 e. The summed E-state index contributed by atoms with van der Waals surface area (Å²) in [6, 6.07) is 15.8. The Balaban J connectivity index is 1.28. The van der Waals surface area contributed by atoms with Crippen LogP contribution in [0.15, 0.2) is 53.9 Å². The molecule has 7 heteroatoms. The molecule has 0 unspecified atom stereocenters. The first-order valence-electron chi connectivity index (χ1n) is 9.50. The van der Waals surface area contributed by atoms with E-state index in [1.54, 1.807) is 19.2 Å². The number of methoxy groups -OCH3 is 1. The monoisotopic (exact) mass is 409 g/mol. The molecular weight excluding hydrogens is 386 g/mol. The van der Waals surface area contributed by atoms with Gasteiger partial charge in [0.1, 0.15) is 0 Å². The van der Waals surface area contributed by atoms with Crippen molar-refractivity contribution in [3.63, 3.8) is 0 Å². The topological polar surface area (TPSA) is 63.7 Å². The van der Waals surface area contributed by atoms with E-state index < -0.39 is 0 Å². The van der Waals surface area contributed by atoms with Gasteiger partial charge < -0.3 is 9.47 Å². The van der Waals surface area contributed by atoms with E-state index in [9.17, 15) is 4.79 Å². The van der Waals surface area contributed by atoms with Crippen molar-refractivity contribution in [2.45, 2.75) is 19.5 Å². The molecule has 0 bridgehead atoms. The van der Waals surface area contributed by atoms with Gasteiger partial charge in [0.15, 0.2) is 23.2 Å². The molecule has 1 aliphatic heterocycles. The summed E-state index contributed by atoms with van der Waals surface area (Å²) in [6.07, 6.45) is 1.06. The van der Waals surface area contributed by atoms with Gasteiger partial charge in [-0.2, -0.15) is 0 Å². The molecule has 0 radical (unpaired) electrons. The van der Waals surface area contributed by atoms with Gasteiger partial charge in [-0.15, -0.1) is 11.3 Å². The van der Waals surface area contributed by atoms with Gasteiger partial charge >= 0.3 is 0 Å². The van der Waals surface area contributed by atoms with Crippen molar-refractivity contribution in [1.82, 2.24) is 9.88 Å². The van der Waals surface area contributed by atoms with Crippen molar-refractivity contribution in [2.75, 3.05) is 25.6 Å². The molecule has 29 heavy (non-hydrogen) atoms. The Morgan fingerprint density at radius 1 is 1.14 bits per heavy atom. The normalized spacial score (nSPS) is 13.6. The van der Waals surface area contributed by atoms with Crippen LogP contribution in [0.25, 0.3) is 0 Å². The molecule has 0 atom stereocenters. The van der Waals surface area contributed by atoms with Gasteiger partial charge in [-0.1, -0.05) is 36.4 Å². The standard InChI is InChI=1S/C22H23N3O3S/c1-27-19-8-4-5-9-20(19)28-14-21(26)24-22-23-18(15-29-22)13-25-11-10-16-6-2-3-7-17(16)12-25/h2-9,15H,10-14H2,1H3,(H,23,24,26). The fraction of sp³-hybridized carbons (Fsp3) is 0.273. The molecule has 1 aliphatic rings. The van der Waals surface area contributed by atoms with Gasteiger partial charge in [0.05, 0.1) is 12.8 Å². The fourth-order valence-corrected chi connectivity index (χ4v) is 4.11. The van der Waals surface area contributed by atoms with Crippen molar-refractivity contribution in [3.05, 3.63) is 70.7 Å². The zero-order valence-electron chi connectivity index (χ0n) is 16.3. The average molecular weight is 410 g/mol. The van der Waals surface area contributed by atoms with Crippen LogP contribution in [0, 0.1) is 0 Å². The number of ether oxygens (including phenoxy) is 2. The van der Waals surface area contributed by atoms with Crippen LogP contribution in [0.2, 0.25) is 0 Å². The van der Waals surface area contributed by atoms with E-state index in [-0.39, 0.29) is 12.5 Å². The van der Waals surface area contributed by atoms with Crippen LogP contribution in [0.1, 0.15) is 16.8 Å². The summed E-state index contributed by atoms with van der Waals surface area (Å²) >= 11 is 1.43. The van der Waals surface area contributed by atoms with Crippen LogP contribution in [0.3, 0.4) is 0 Å². The highest BCUT2D eigenvalue weighted by Gasteiger charge is 2.17. The SMILES string of the molecule is COc1ccccc1OCC(=O)Nc1nc(CN2CCc3ccccc3C2)cs1. The van der Waals surface area contributed by atoms with Gasteiger partial charge in [0.2, 0.25) is 0 Å². The Morgan fingerprint density at radius 3 is 2.72 bits per heavy atom. The van der Waals surface area contributed by atoms with Gasteiger partial charge in [-0.25, -0.2) is 4.98 Å². The van der Waals surface area contributed by atoms with E-state index in [2.05, 4.69) is 39.5 Å². The predicted octanol–water partition coefficient (Wildman–Crippen LogP) is 3.73. The highest BCUT2D eigenvalue weighted by molar-refractivity contribution is 7.13. The zero-order valence-corrected chi connectivity index (χ0v) is 17.1. The van der Waals surface area contributed by atoms with Crippen LogP contribution < -0.4 is 14.8 Å². The molecule has 2 heterocycles. The summed E-state index contributed by atoms with van der Waals surface area (Å²) in [5.74, 6) is 0.888. The molecule has 0 saturated carbocycles. The summed E-state index contributed by atoms with van der Waals surface area (Å²) in [4.78, 5) is 19.1. The lowest BCUT2D eigenvalue weighted by atomic mass is 10.00. The lowest BCUT2D eigenvalue weighted by Gasteiger charge is -2.27. The molecule has 0 spiro atoms. The van der Waals surface area contributed by atoms with E-state index in [4.69, 9.17) is 9.47 Å². The highest BCUT2D eigenvalue weighted by atomic mass is 32.1. The van der Waals surface area contributed by atoms with E-state index in [0.717, 1.165) is 31.7 Å². The summed E-state index contributed by atoms with van der Waals surface area (Å²) in [7, 11) is 1.57. The summed E-state index contributed by atoms with van der Waals surface area (Å²) < 4.78 is 10.8. The number of hydrogen-bond donors (Lipinski definition) is 1. The number of hydrogen-bond acceptors (Lipinski definition) is 6. The lowest BCUT2D eigenvalue weighted by molar-refractivity contribution is -0.118. The third-order valence-corrected chi connectivity index (χ3v) is 5.63. The number of aromatic nitrogens is 1. The number of rotatable bonds is 7. The highest BCUT2D eigenvalue weighted by Crippen LogP contribution is 2.26. The number of nitrogens with zero attached hydrogens (tertiary/aromatic N) is 2. The Morgan fingerprint density at radius 2 is 1.90 bits per heavy atom. The van der Waals surface area contributed by atoms with Crippen LogP contribution in [0.4, 0.5) is 5.13 Å². The van der Waals surface area contributed by atoms with Crippen molar-refractivity contribution in [2.24, 2.45) is 0 Å². The minimum atomic E-state index is -0.247. The number of carbonyl (C=O) groups is 1. The number of carbonyl (C=O) groups excluding carboxylic acids is 1. The first-order valence-corrected chi connectivity index (χ1v) is 10.4. The maximum absolute atomic E-state index is 12.2. The van der Waals surface area contributed by atoms with Gasteiger partial charge in [-0.05, 0) is 29.7 Å². The van der Waals surface area contributed by atoms with Crippen LogP contribution >= 0.6 is 11.3 Å². The van der Waals surface area contributed by atoms with E-state index in [1.165, 1.54) is 22.5 Å². The van der Waals surface area contributed by atoms with Crippen molar-refractivity contribution >= 4 is 22.4 Å². The second kappa shape index (κ2) is 9.07. The van der Waals surface area contributed by atoms with E-state index in [0.29, 0.717) is 16.6 Å². The first kappa shape index (κ1) is 19.4. The maximum Gasteiger partial charge on any atom is 0.264 e. The van der Waals surface area contributed by atoms with E-state index in [1.807, 2.05) is 17.5 Å². The third-order valence-electron chi connectivity index (χ3n) is 4.82. The molecule has 2 aromatic carbocycles. The van der Waals surface area contributed by atoms with Crippen molar-refractivity contribution in [3.8, 4) is 11.5 Å². The average Bonchev–Trinajstić information content (AvgIpc) is 3.19. The molecule has 0 fully saturated rings. The number of para-hydroxylation sites is 2. The van der Waals surface area contributed by atoms with Gasteiger partial charge in [0, 0.05) is 25.0 Å². The predicted molar refractivity (Wildman–Crippen MR) is 113 cm³/mol. The van der Waals surface area contributed by atoms with Crippen LogP contribution in [-0.2, 0) is 24.3 Å². The molecule has 6 nitrogen and oxygen atoms in total. The Bertz CT molecular complexity index is 989. The summed E-state index contributed by atoms with van der Waals surface area (Å²) in [6.45, 7) is 2.63. The molecule has 0 saturated heterocycles. The second-order valence-electron chi connectivity index (χ2n) is 6.86. The minimum absolute atomic E-state index is 0.0990. The number of anilines is 1. The Labute approximate surface area is 174 Å². The van der Waals surface area contributed by atoms with Crippen molar-refractivity contribution < 1.29 is 14.3 Å². The number of nitrogens with one attached hydrogen (secondary N) is 1. The molecular formula is C22H23N3O3S.